The smallest absolute Gasteiger partial charge is 0.410 e. The van der Waals surface area contributed by atoms with Crippen LogP contribution in [0.1, 0.15) is 47.1 Å². The molecule has 4 heterocycles. The Morgan fingerprint density at radius 2 is 1.94 bits per heavy atom. The van der Waals surface area contributed by atoms with Gasteiger partial charge in [-0.3, -0.25) is 9.36 Å². The molecule has 1 aliphatic rings. The van der Waals surface area contributed by atoms with E-state index in [2.05, 4.69) is 25.3 Å². The number of pyridine rings is 1. The molecule has 1 saturated heterocycles. The molecule has 192 valence electrons. The van der Waals surface area contributed by atoms with E-state index in [-0.39, 0.29) is 42.8 Å². The summed E-state index contributed by atoms with van der Waals surface area (Å²) >= 11 is 0. The molecule has 3 aromatic rings. The molecule has 4 rings (SSSR count). The van der Waals surface area contributed by atoms with Gasteiger partial charge in [0.1, 0.15) is 28.8 Å². The highest BCUT2D eigenvalue weighted by molar-refractivity contribution is 5.75. The molecule has 0 bridgehead atoms. The summed E-state index contributed by atoms with van der Waals surface area (Å²) in [6, 6.07) is 2.63. The number of piperidine rings is 1. The predicted molar refractivity (Wildman–Crippen MR) is 134 cm³/mol. The number of nitrogens with zero attached hydrogens (tertiary/aromatic N) is 6. The Kier molecular flexibility index (Phi) is 6.79. The molecule has 11 nitrogen and oxygen atoms in total. The first-order chi connectivity index (χ1) is 16.9. The van der Waals surface area contributed by atoms with Gasteiger partial charge in [-0.15, -0.1) is 0 Å². The Balaban J connectivity index is 1.64. The molecule has 0 radical (unpaired) electrons. The number of nitrogens with one attached hydrogen (secondary N) is 1. The third-order valence-corrected chi connectivity index (χ3v) is 5.59. The molecule has 0 unspecified atom stereocenters. The normalized spacial score (nSPS) is 18.5. The number of rotatable bonds is 4. The number of hydrogen-bond acceptors (Lipinski definition) is 9. The maximum atomic E-state index is 14.5. The first-order valence-electron chi connectivity index (χ1n) is 11.8. The second-order valence-corrected chi connectivity index (χ2v) is 10.2. The molecule has 0 aliphatic carbocycles. The average Bonchev–Trinajstić information content (AvgIpc) is 2.77. The van der Waals surface area contributed by atoms with Crippen LogP contribution in [0.15, 0.2) is 29.3 Å². The maximum Gasteiger partial charge on any atom is 0.410 e. The van der Waals surface area contributed by atoms with Crippen LogP contribution in [-0.4, -0.2) is 66.4 Å². The lowest BCUT2D eigenvalue weighted by Gasteiger charge is -2.36. The van der Waals surface area contributed by atoms with Gasteiger partial charge in [0, 0.05) is 36.8 Å². The van der Waals surface area contributed by atoms with Gasteiger partial charge >= 0.3 is 6.09 Å². The lowest BCUT2D eigenvalue weighted by Crippen LogP contribution is -2.51. The molecule has 3 aromatic heterocycles. The topological polar surface area (TPSA) is 141 Å². The summed E-state index contributed by atoms with van der Waals surface area (Å²) in [4.78, 5) is 44.6. The Hall–Kier alpha value is -3.83. The first kappa shape index (κ1) is 25.3. The highest BCUT2D eigenvalue weighted by Crippen LogP contribution is 2.22. The highest BCUT2D eigenvalue weighted by Gasteiger charge is 2.33. The lowest BCUT2D eigenvalue weighted by atomic mass is 10.0. The highest BCUT2D eigenvalue weighted by atomic mass is 19.1. The second-order valence-electron chi connectivity index (χ2n) is 10.2. The van der Waals surface area contributed by atoms with Crippen molar-refractivity contribution >= 4 is 29.0 Å². The zero-order valence-electron chi connectivity index (χ0n) is 21.0. The monoisotopic (exact) mass is 498 g/mol. The van der Waals surface area contributed by atoms with Crippen molar-refractivity contribution in [1.29, 1.82) is 0 Å². The van der Waals surface area contributed by atoms with Crippen LogP contribution in [0.3, 0.4) is 0 Å². The van der Waals surface area contributed by atoms with Crippen molar-refractivity contribution < 1.29 is 13.9 Å². The fourth-order valence-corrected chi connectivity index (χ4v) is 4.08. The number of carbonyl (C=O) groups excluding carboxylic acids is 1. The number of carbonyl (C=O) groups is 1. The summed E-state index contributed by atoms with van der Waals surface area (Å²) < 4.78 is 21.4. The fraction of sp³-hybridized carbons (Fsp3) is 0.500. The molecule has 0 spiro atoms. The Morgan fingerprint density at radius 3 is 2.58 bits per heavy atom. The predicted octanol–water partition coefficient (Wildman–Crippen LogP) is 3.17. The molecule has 3 N–H and O–H groups in total. The van der Waals surface area contributed by atoms with Crippen LogP contribution in [0.25, 0.3) is 22.4 Å². The SMILES string of the molecule is CC(C)n1c(=O)c(-c2ccc(N)nc2)nc2cnc(N[C@H]3C[C@H](F)CN(C(=O)OC(C)(C)C)C3)nc21. The third-order valence-electron chi connectivity index (χ3n) is 5.59. The Morgan fingerprint density at radius 1 is 1.19 bits per heavy atom. The number of anilines is 2. The van der Waals surface area contributed by atoms with Crippen molar-refractivity contribution in [3.8, 4) is 11.3 Å². The van der Waals surface area contributed by atoms with Gasteiger partial charge < -0.3 is 20.7 Å². The van der Waals surface area contributed by atoms with E-state index >= 15 is 0 Å². The number of alkyl halides is 1. The van der Waals surface area contributed by atoms with Gasteiger partial charge in [-0.25, -0.2) is 24.1 Å². The summed E-state index contributed by atoms with van der Waals surface area (Å²) in [5.74, 6) is 0.550. The van der Waals surface area contributed by atoms with Gasteiger partial charge in [-0.1, -0.05) is 0 Å². The molecule has 1 fully saturated rings. The number of halogens is 1. The molecular formula is C24H31FN8O3. The van der Waals surface area contributed by atoms with E-state index in [0.29, 0.717) is 22.5 Å². The average molecular weight is 499 g/mol. The fourth-order valence-electron chi connectivity index (χ4n) is 4.08. The first-order valence-corrected chi connectivity index (χ1v) is 11.8. The third kappa shape index (κ3) is 5.52. The second kappa shape index (κ2) is 9.67. The molecule has 0 saturated carbocycles. The number of ether oxygens (including phenoxy) is 1. The van der Waals surface area contributed by atoms with Crippen LogP contribution in [0, 0.1) is 0 Å². The largest absolute Gasteiger partial charge is 0.444 e. The Labute approximate surface area is 207 Å². The number of nitrogens with two attached hydrogens (primary N) is 1. The van der Waals surface area contributed by atoms with E-state index in [1.807, 2.05) is 13.8 Å². The van der Waals surface area contributed by atoms with Gasteiger partial charge in [-0.2, -0.15) is 4.98 Å². The van der Waals surface area contributed by atoms with Crippen LogP contribution in [0.5, 0.6) is 0 Å². The minimum absolute atomic E-state index is 0.0365. The van der Waals surface area contributed by atoms with Crippen LogP contribution in [0.2, 0.25) is 0 Å². The van der Waals surface area contributed by atoms with Crippen LogP contribution in [0.4, 0.5) is 21.0 Å². The zero-order valence-corrected chi connectivity index (χ0v) is 21.0. The van der Waals surface area contributed by atoms with Crippen LogP contribution >= 0.6 is 0 Å². The summed E-state index contributed by atoms with van der Waals surface area (Å²) in [5, 5.41) is 3.11. The van der Waals surface area contributed by atoms with Crippen molar-refractivity contribution in [3.05, 3.63) is 34.9 Å². The van der Waals surface area contributed by atoms with E-state index in [1.165, 1.54) is 21.9 Å². The van der Waals surface area contributed by atoms with E-state index in [4.69, 9.17) is 10.5 Å². The summed E-state index contributed by atoms with van der Waals surface area (Å²) in [7, 11) is 0. The number of aromatic nitrogens is 5. The number of amides is 1. The van der Waals surface area contributed by atoms with Gasteiger partial charge in [0.15, 0.2) is 5.65 Å². The van der Waals surface area contributed by atoms with Gasteiger partial charge in [0.25, 0.3) is 5.56 Å². The van der Waals surface area contributed by atoms with Crippen molar-refractivity contribution in [2.45, 2.75) is 64.9 Å². The molecule has 36 heavy (non-hydrogen) atoms. The minimum Gasteiger partial charge on any atom is -0.444 e. The molecule has 1 aliphatic heterocycles. The standard InChI is InChI=1S/C24H31FN8O3/c1-13(2)33-20-17(30-19(21(33)34)14-6-7-18(26)27-9-14)10-28-22(31-20)29-16-8-15(25)11-32(12-16)23(35)36-24(3,4)5/h6-7,9-10,13,15-16H,8,11-12H2,1-5H3,(H2,26,27)(H,28,29,31)/t15-,16-/m0/s1. The van der Waals surface area contributed by atoms with Crippen LogP contribution < -0.4 is 16.6 Å². The molecule has 1 amide bonds. The van der Waals surface area contributed by atoms with Crippen molar-refractivity contribution in [3.63, 3.8) is 0 Å². The number of fused-ring (bicyclic) bond motifs is 1. The van der Waals surface area contributed by atoms with Crippen molar-refractivity contribution in [2.24, 2.45) is 0 Å². The number of nitrogen functional groups attached to an aromatic ring is 1. The molecule has 12 heteroatoms. The summed E-state index contributed by atoms with van der Waals surface area (Å²) in [6.45, 7) is 9.22. The van der Waals surface area contributed by atoms with Crippen molar-refractivity contribution in [1.82, 2.24) is 29.4 Å². The van der Waals surface area contributed by atoms with Crippen LogP contribution in [-0.2, 0) is 4.74 Å². The number of hydrogen-bond donors (Lipinski definition) is 2. The van der Waals surface area contributed by atoms with E-state index in [0.717, 1.165) is 0 Å². The van der Waals surface area contributed by atoms with Gasteiger partial charge in [0.2, 0.25) is 5.95 Å². The van der Waals surface area contributed by atoms with Gasteiger partial charge in [0.05, 0.1) is 12.7 Å². The van der Waals surface area contributed by atoms with E-state index < -0.39 is 23.9 Å². The summed E-state index contributed by atoms with van der Waals surface area (Å²) in [5.41, 5.74) is 6.18. The maximum absolute atomic E-state index is 14.5. The van der Waals surface area contributed by atoms with Gasteiger partial charge in [-0.05, 0) is 46.8 Å². The quantitative estimate of drug-likeness (QED) is 0.555. The summed E-state index contributed by atoms with van der Waals surface area (Å²) in [6.07, 6.45) is 1.39. The van der Waals surface area contributed by atoms with Crippen molar-refractivity contribution in [2.75, 3.05) is 24.1 Å². The molecule has 0 aromatic carbocycles. The molecule has 2 atom stereocenters. The lowest BCUT2D eigenvalue weighted by molar-refractivity contribution is 0.0124. The zero-order chi connectivity index (χ0) is 26.2. The van der Waals surface area contributed by atoms with E-state index in [1.54, 1.807) is 32.9 Å². The number of likely N-dealkylation sites (tertiary alicyclic amines) is 1. The molecular weight excluding hydrogens is 467 g/mol. The Bertz CT molecular complexity index is 1320. The van der Waals surface area contributed by atoms with E-state index in [9.17, 15) is 14.0 Å². The minimum atomic E-state index is -1.23.